The highest BCUT2D eigenvalue weighted by atomic mass is 16.3. The highest BCUT2D eigenvalue weighted by molar-refractivity contribution is 5.33. The standard InChI is InChI=1S/C10H14.C9H12O/c1-8(2)10-7-5-4-6-9(10)3;1-7(2)8-5-3-4-6-9(8)10/h4-8H,1-3H3;3-7,10H,1-2H3. The smallest absolute Gasteiger partial charge is 0.119 e. The molecule has 0 aliphatic rings. The molecular formula is C19H26O. The largest absolute Gasteiger partial charge is 0.508 e. The Kier molecular flexibility index (Phi) is 6.30. The van der Waals surface area contributed by atoms with Crippen molar-refractivity contribution in [2.75, 3.05) is 0 Å². The van der Waals surface area contributed by atoms with Gasteiger partial charge in [-0.1, -0.05) is 70.2 Å². The Balaban J connectivity index is 0.000000200. The van der Waals surface area contributed by atoms with Crippen LogP contribution in [0.4, 0.5) is 0 Å². The zero-order chi connectivity index (χ0) is 15.1. The van der Waals surface area contributed by atoms with Crippen molar-refractivity contribution in [3.63, 3.8) is 0 Å². The molecule has 0 spiro atoms. The summed E-state index contributed by atoms with van der Waals surface area (Å²) >= 11 is 0. The Morgan fingerprint density at radius 3 is 1.50 bits per heavy atom. The quantitative estimate of drug-likeness (QED) is 0.749. The van der Waals surface area contributed by atoms with E-state index in [1.807, 2.05) is 18.2 Å². The molecule has 0 heterocycles. The van der Waals surface area contributed by atoms with E-state index in [9.17, 15) is 5.11 Å². The van der Waals surface area contributed by atoms with Crippen LogP contribution in [-0.2, 0) is 0 Å². The summed E-state index contributed by atoms with van der Waals surface area (Å²) in [5.74, 6) is 1.46. The topological polar surface area (TPSA) is 20.2 Å². The first-order valence-corrected chi connectivity index (χ1v) is 7.27. The van der Waals surface area contributed by atoms with Gasteiger partial charge in [0, 0.05) is 0 Å². The average Bonchev–Trinajstić information content (AvgIpc) is 2.40. The Morgan fingerprint density at radius 1 is 0.700 bits per heavy atom. The molecule has 2 aromatic rings. The maximum atomic E-state index is 9.28. The molecule has 0 saturated carbocycles. The van der Waals surface area contributed by atoms with Gasteiger partial charge in [0.15, 0.2) is 0 Å². The van der Waals surface area contributed by atoms with E-state index in [1.54, 1.807) is 6.07 Å². The lowest BCUT2D eigenvalue weighted by Gasteiger charge is -2.07. The predicted octanol–water partition coefficient (Wildman–Crippen LogP) is 5.63. The van der Waals surface area contributed by atoms with Crippen LogP contribution >= 0.6 is 0 Å². The number of para-hydroxylation sites is 1. The normalized spacial score (nSPS) is 10.3. The lowest BCUT2D eigenvalue weighted by molar-refractivity contribution is 0.465. The molecule has 0 unspecified atom stereocenters. The van der Waals surface area contributed by atoms with Gasteiger partial charge in [-0.2, -0.15) is 0 Å². The first-order valence-electron chi connectivity index (χ1n) is 7.27. The molecule has 0 aliphatic heterocycles. The molecule has 0 radical (unpaired) electrons. The molecule has 2 aromatic carbocycles. The van der Waals surface area contributed by atoms with E-state index in [1.165, 1.54) is 11.1 Å². The first-order chi connectivity index (χ1) is 9.43. The third-order valence-corrected chi connectivity index (χ3v) is 3.37. The van der Waals surface area contributed by atoms with Crippen molar-refractivity contribution in [1.29, 1.82) is 0 Å². The van der Waals surface area contributed by atoms with Crippen molar-refractivity contribution in [3.8, 4) is 5.75 Å². The van der Waals surface area contributed by atoms with E-state index >= 15 is 0 Å². The fraction of sp³-hybridized carbons (Fsp3) is 0.368. The van der Waals surface area contributed by atoms with E-state index in [-0.39, 0.29) is 0 Å². The summed E-state index contributed by atoms with van der Waals surface area (Å²) in [5, 5.41) is 9.28. The highest BCUT2D eigenvalue weighted by Crippen LogP contribution is 2.23. The second-order valence-corrected chi connectivity index (χ2v) is 5.72. The van der Waals surface area contributed by atoms with Crippen molar-refractivity contribution in [2.45, 2.75) is 46.5 Å². The molecule has 20 heavy (non-hydrogen) atoms. The van der Waals surface area contributed by atoms with Gasteiger partial charge in [0.05, 0.1) is 0 Å². The number of rotatable bonds is 2. The van der Waals surface area contributed by atoms with E-state index in [2.05, 4.69) is 58.9 Å². The van der Waals surface area contributed by atoms with Crippen LogP contribution in [0.3, 0.4) is 0 Å². The molecule has 1 nitrogen and oxygen atoms in total. The Morgan fingerprint density at radius 2 is 1.15 bits per heavy atom. The van der Waals surface area contributed by atoms with Crippen LogP contribution < -0.4 is 0 Å². The van der Waals surface area contributed by atoms with Crippen LogP contribution in [0.1, 0.15) is 56.2 Å². The number of phenols is 1. The van der Waals surface area contributed by atoms with Gasteiger partial charge in [0.1, 0.15) is 5.75 Å². The van der Waals surface area contributed by atoms with Crippen molar-refractivity contribution < 1.29 is 5.11 Å². The molecule has 0 amide bonds. The van der Waals surface area contributed by atoms with Gasteiger partial charge < -0.3 is 5.11 Å². The minimum Gasteiger partial charge on any atom is -0.508 e. The van der Waals surface area contributed by atoms with Crippen molar-refractivity contribution in [3.05, 3.63) is 65.2 Å². The van der Waals surface area contributed by atoms with Gasteiger partial charge in [0.25, 0.3) is 0 Å². The molecule has 0 bridgehead atoms. The summed E-state index contributed by atoms with van der Waals surface area (Å²) in [6, 6.07) is 16.0. The summed E-state index contributed by atoms with van der Waals surface area (Å²) < 4.78 is 0. The van der Waals surface area contributed by atoms with E-state index < -0.39 is 0 Å². The van der Waals surface area contributed by atoms with Crippen LogP contribution in [0.25, 0.3) is 0 Å². The highest BCUT2D eigenvalue weighted by Gasteiger charge is 2.02. The van der Waals surface area contributed by atoms with Crippen LogP contribution in [-0.4, -0.2) is 5.11 Å². The molecule has 0 saturated heterocycles. The number of hydrogen-bond donors (Lipinski definition) is 1. The van der Waals surface area contributed by atoms with Gasteiger partial charge in [0.2, 0.25) is 0 Å². The van der Waals surface area contributed by atoms with E-state index in [4.69, 9.17) is 0 Å². The molecule has 0 aliphatic carbocycles. The van der Waals surface area contributed by atoms with Gasteiger partial charge in [-0.25, -0.2) is 0 Å². The summed E-state index contributed by atoms with van der Waals surface area (Å²) in [5.41, 5.74) is 3.88. The fourth-order valence-electron chi connectivity index (χ4n) is 2.21. The lowest BCUT2D eigenvalue weighted by Crippen LogP contribution is -1.89. The monoisotopic (exact) mass is 270 g/mol. The number of benzene rings is 2. The molecule has 0 fully saturated rings. The molecule has 108 valence electrons. The Hall–Kier alpha value is -1.76. The lowest BCUT2D eigenvalue weighted by atomic mass is 9.99. The molecular weight excluding hydrogens is 244 g/mol. The van der Waals surface area contributed by atoms with Crippen LogP contribution in [0.15, 0.2) is 48.5 Å². The van der Waals surface area contributed by atoms with E-state index in [0.29, 0.717) is 17.6 Å². The maximum Gasteiger partial charge on any atom is 0.119 e. The molecule has 0 aromatic heterocycles. The Labute approximate surface area is 123 Å². The summed E-state index contributed by atoms with van der Waals surface area (Å²) in [4.78, 5) is 0. The summed E-state index contributed by atoms with van der Waals surface area (Å²) in [6.45, 7) is 10.7. The van der Waals surface area contributed by atoms with Crippen LogP contribution in [0.2, 0.25) is 0 Å². The van der Waals surface area contributed by atoms with Gasteiger partial charge in [-0.15, -0.1) is 0 Å². The molecule has 0 atom stereocenters. The number of aryl methyl sites for hydroxylation is 1. The van der Waals surface area contributed by atoms with E-state index in [0.717, 1.165) is 5.56 Å². The number of hydrogen-bond acceptors (Lipinski definition) is 1. The molecule has 1 N–H and O–H groups in total. The SMILES string of the molecule is CC(C)c1ccccc1O.Cc1ccccc1C(C)C. The fourth-order valence-corrected chi connectivity index (χ4v) is 2.21. The molecule has 2 rings (SSSR count). The Bertz CT molecular complexity index is 477. The third kappa shape index (κ3) is 4.73. The second-order valence-electron chi connectivity index (χ2n) is 5.72. The average molecular weight is 270 g/mol. The summed E-state index contributed by atoms with van der Waals surface area (Å²) in [6.07, 6.45) is 0. The predicted molar refractivity (Wildman–Crippen MR) is 87.5 cm³/mol. The van der Waals surface area contributed by atoms with Gasteiger partial charge in [-0.3, -0.25) is 0 Å². The van der Waals surface area contributed by atoms with Gasteiger partial charge >= 0.3 is 0 Å². The second kappa shape index (κ2) is 7.74. The minimum atomic E-state index is 0.400. The summed E-state index contributed by atoms with van der Waals surface area (Å²) in [7, 11) is 0. The molecule has 1 heteroatoms. The zero-order valence-electron chi connectivity index (χ0n) is 13.2. The number of aromatic hydroxyl groups is 1. The minimum absolute atomic E-state index is 0.400. The third-order valence-electron chi connectivity index (χ3n) is 3.37. The zero-order valence-corrected chi connectivity index (χ0v) is 13.2. The van der Waals surface area contributed by atoms with Crippen molar-refractivity contribution in [1.82, 2.24) is 0 Å². The first kappa shape index (κ1) is 16.3. The number of phenolic OH excluding ortho intramolecular Hbond substituents is 1. The van der Waals surface area contributed by atoms with Crippen LogP contribution in [0, 0.1) is 6.92 Å². The maximum absolute atomic E-state index is 9.28. The van der Waals surface area contributed by atoms with Crippen molar-refractivity contribution >= 4 is 0 Å². The van der Waals surface area contributed by atoms with Gasteiger partial charge in [-0.05, 0) is 41.5 Å². The van der Waals surface area contributed by atoms with Crippen LogP contribution in [0.5, 0.6) is 5.75 Å². The van der Waals surface area contributed by atoms with Crippen molar-refractivity contribution in [2.24, 2.45) is 0 Å².